The number of aliphatic imine (C=N–C) groups is 1. The summed E-state index contributed by atoms with van der Waals surface area (Å²) in [6.45, 7) is 5.62. The highest BCUT2D eigenvalue weighted by Gasteiger charge is 2.13. The van der Waals surface area contributed by atoms with E-state index in [1.807, 2.05) is 20.2 Å². The van der Waals surface area contributed by atoms with Gasteiger partial charge in [-0.2, -0.15) is 0 Å². The molecule has 0 spiro atoms. The fourth-order valence-corrected chi connectivity index (χ4v) is 4.42. The summed E-state index contributed by atoms with van der Waals surface area (Å²) in [5.74, 6) is 1.92. The van der Waals surface area contributed by atoms with Crippen molar-refractivity contribution in [2.24, 2.45) is 4.99 Å². The predicted molar refractivity (Wildman–Crippen MR) is 140 cm³/mol. The Balaban J connectivity index is 0.00000341. The third-order valence-corrected chi connectivity index (χ3v) is 6.49. The molecular weight excluding hydrogens is 523 g/mol. The largest absolute Gasteiger partial charge is 0.375 e. The lowest BCUT2D eigenvalue weighted by Gasteiger charge is -2.22. The molecule has 0 radical (unpaired) electrons. The number of methoxy groups -OCH3 is 1. The normalized spacial score (nSPS) is 15.7. The van der Waals surface area contributed by atoms with E-state index in [1.54, 1.807) is 25.5 Å². The quantitative estimate of drug-likeness (QED) is 0.308. The Bertz CT molecular complexity index is 805. The van der Waals surface area contributed by atoms with Crippen LogP contribution in [0, 0.1) is 0 Å². The summed E-state index contributed by atoms with van der Waals surface area (Å²) >= 11 is 1.63. The molecule has 0 bridgehead atoms. The van der Waals surface area contributed by atoms with Crippen molar-refractivity contribution < 1.29 is 4.74 Å². The van der Waals surface area contributed by atoms with Crippen LogP contribution in [0.3, 0.4) is 0 Å². The summed E-state index contributed by atoms with van der Waals surface area (Å²) in [7, 11) is 5.53. The van der Waals surface area contributed by atoms with Crippen LogP contribution in [0.4, 0.5) is 5.82 Å². The van der Waals surface area contributed by atoms with Gasteiger partial charge in [-0.15, -0.1) is 35.3 Å². The van der Waals surface area contributed by atoms with Gasteiger partial charge in [-0.3, -0.25) is 4.99 Å². The van der Waals surface area contributed by atoms with E-state index in [1.165, 1.54) is 25.7 Å². The standard InChI is InChI=1S/C22H34N6OS.HI/c1-17(29-4)21-26-19(16-30-21)15-27(3)22(23-2)25-14-18-9-10-20(24-13-18)28-11-7-5-6-8-12-28;/h9-10,13,16-17H,5-8,11-12,14-15H2,1-4H3,(H,23,25);1H. The van der Waals surface area contributed by atoms with Crippen LogP contribution in [0.5, 0.6) is 0 Å². The van der Waals surface area contributed by atoms with E-state index in [-0.39, 0.29) is 30.1 Å². The van der Waals surface area contributed by atoms with Gasteiger partial charge in [-0.05, 0) is 31.4 Å². The number of aromatic nitrogens is 2. The average Bonchev–Trinajstić information content (AvgIpc) is 3.06. The van der Waals surface area contributed by atoms with Gasteiger partial charge in [0.15, 0.2) is 5.96 Å². The molecule has 0 aromatic carbocycles. The lowest BCUT2D eigenvalue weighted by Crippen LogP contribution is -2.38. The first-order valence-electron chi connectivity index (χ1n) is 10.7. The number of rotatable bonds is 7. The highest BCUT2D eigenvalue weighted by Crippen LogP contribution is 2.21. The minimum Gasteiger partial charge on any atom is -0.375 e. The molecule has 1 aliphatic rings. The van der Waals surface area contributed by atoms with Crippen molar-refractivity contribution in [1.82, 2.24) is 20.2 Å². The van der Waals surface area contributed by atoms with Crippen LogP contribution in [0.2, 0.25) is 0 Å². The second kappa shape index (κ2) is 13.2. The first-order valence-corrected chi connectivity index (χ1v) is 11.6. The first-order chi connectivity index (χ1) is 14.6. The summed E-state index contributed by atoms with van der Waals surface area (Å²) in [6, 6.07) is 4.30. The van der Waals surface area contributed by atoms with Crippen LogP contribution in [0.25, 0.3) is 0 Å². The number of thiazole rings is 1. The smallest absolute Gasteiger partial charge is 0.194 e. The third kappa shape index (κ3) is 7.57. The fourth-order valence-electron chi connectivity index (χ4n) is 3.57. The highest BCUT2D eigenvalue weighted by atomic mass is 127. The number of anilines is 1. The number of nitrogens with zero attached hydrogens (tertiary/aromatic N) is 5. The van der Waals surface area contributed by atoms with Crippen molar-refractivity contribution in [2.45, 2.75) is 51.8 Å². The number of guanidine groups is 1. The molecule has 172 valence electrons. The molecule has 2 aromatic heterocycles. The summed E-state index contributed by atoms with van der Waals surface area (Å²) in [6.07, 6.45) is 7.18. The molecule has 3 heterocycles. The minimum absolute atomic E-state index is 0. The summed E-state index contributed by atoms with van der Waals surface area (Å²) in [4.78, 5) is 18.3. The Morgan fingerprint density at radius 2 is 2.03 bits per heavy atom. The van der Waals surface area contributed by atoms with Gasteiger partial charge in [0, 0.05) is 52.4 Å². The zero-order valence-corrected chi connectivity index (χ0v) is 22.2. The monoisotopic (exact) mass is 558 g/mol. The summed E-state index contributed by atoms with van der Waals surface area (Å²) < 4.78 is 5.35. The number of ether oxygens (including phenoxy) is 1. The molecule has 7 nitrogen and oxygen atoms in total. The van der Waals surface area contributed by atoms with E-state index >= 15 is 0 Å². The zero-order chi connectivity index (χ0) is 21.3. The number of halogens is 1. The SMILES string of the molecule is CN=C(NCc1ccc(N2CCCCCC2)nc1)N(C)Cc1csc(C(C)OC)n1.I. The van der Waals surface area contributed by atoms with E-state index in [4.69, 9.17) is 9.72 Å². The van der Waals surface area contributed by atoms with E-state index in [0.717, 1.165) is 41.1 Å². The Morgan fingerprint density at radius 1 is 1.29 bits per heavy atom. The van der Waals surface area contributed by atoms with Crippen molar-refractivity contribution in [3.63, 3.8) is 0 Å². The molecule has 2 aromatic rings. The predicted octanol–water partition coefficient (Wildman–Crippen LogP) is 4.45. The molecule has 0 aliphatic carbocycles. The summed E-state index contributed by atoms with van der Waals surface area (Å²) in [5, 5.41) is 6.51. The topological polar surface area (TPSA) is 65.9 Å². The van der Waals surface area contributed by atoms with Gasteiger partial charge in [0.1, 0.15) is 16.9 Å². The molecule has 1 N–H and O–H groups in total. The van der Waals surface area contributed by atoms with E-state index in [9.17, 15) is 0 Å². The maximum absolute atomic E-state index is 5.35. The zero-order valence-electron chi connectivity index (χ0n) is 19.0. The van der Waals surface area contributed by atoms with Gasteiger partial charge in [-0.25, -0.2) is 9.97 Å². The molecular formula is C22H35IN6OS. The number of pyridine rings is 1. The van der Waals surface area contributed by atoms with Crippen LogP contribution in [0.1, 0.15) is 55.0 Å². The average molecular weight is 559 g/mol. The van der Waals surface area contributed by atoms with E-state index < -0.39 is 0 Å². The Kier molecular flexibility index (Phi) is 11.0. The maximum Gasteiger partial charge on any atom is 0.194 e. The van der Waals surface area contributed by atoms with Crippen molar-refractivity contribution in [3.8, 4) is 0 Å². The fraction of sp³-hybridized carbons (Fsp3) is 0.591. The van der Waals surface area contributed by atoms with Gasteiger partial charge in [0.05, 0.1) is 12.2 Å². The maximum atomic E-state index is 5.35. The lowest BCUT2D eigenvalue weighted by atomic mass is 10.2. The Hall–Kier alpha value is -1.46. The van der Waals surface area contributed by atoms with Gasteiger partial charge < -0.3 is 19.9 Å². The van der Waals surface area contributed by atoms with Crippen LogP contribution in [0.15, 0.2) is 28.7 Å². The number of hydrogen-bond acceptors (Lipinski definition) is 6. The molecule has 0 amide bonds. The van der Waals surface area contributed by atoms with Crippen molar-refractivity contribution in [1.29, 1.82) is 0 Å². The van der Waals surface area contributed by atoms with Crippen molar-refractivity contribution in [2.75, 3.05) is 39.2 Å². The first kappa shape index (κ1) is 25.8. The second-order valence-corrected chi connectivity index (χ2v) is 8.63. The van der Waals surface area contributed by atoms with E-state index in [0.29, 0.717) is 13.1 Å². The second-order valence-electron chi connectivity index (χ2n) is 7.74. The van der Waals surface area contributed by atoms with E-state index in [2.05, 4.69) is 42.6 Å². The molecule has 1 aliphatic heterocycles. The van der Waals surface area contributed by atoms with Gasteiger partial charge in [-0.1, -0.05) is 18.9 Å². The minimum atomic E-state index is 0. The number of hydrogen-bond donors (Lipinski definition) is 1. The molecule has 1 unspecified atom stereocenters. The summed E-state index contributed by atoms with van der Waals surface area (Å²) in [5.41, 5.74) is 2.17. The van der Waals surface area contributed by atoms with Crippen molar-refractivity contribution in [3.05, 3.63) is 40.0 Å². The van der Waals surface area contributed by atoms with Crippen molar-refractivity contribution >= 4 is 47.1 Å². The van der Waals surface area contributed by atoms with Gasteiger partial charge in [0.25, 0.3) is 0 Å². The highest BCUT2D eigenvalue weighted by molar-refractivity contribution is 14.0. The molecule has 31 heavy (non-hydrogen) atoms. The molecule has 1 fully saturated rings. The molecule has 9 heteroatoms. The van der Waals surface area contributed by atoms with Crippen LogP contribution < -0.4 is 10.2 Å². The molecule has 1 atom stereocenters. The molecule has 1 saturated heterocycles. The third-order valence-electron chi connectivity index (χ3n) is 5.43. The Labute approximate surface area is 207 Å². The van der Waals surface area contributed by atoms with Crippen LogP contribution >= 0.6 is 35.3 Å². The Morgan fingerprint density at radius 3 is 2.65 bits per heavy atom. The lowest BCUT2D eigenvalue weighted by molar-refractivity contribution is 0.119. The van der Waals surface area contributed by atoms with Gasteiger partial charge in [0.2, 0.25) is 0 Å². The van der Waals surface area contributed by atoms with Crippen LogP contribution in [-0.2, 0) is 17.8 Å². The number of nitrogens with one attached hydrogen (secondary N) is 1. The molecule has 0 saturated carbocycles. The van der Waals surface area contributed by atoms with Gasteiger partial charge >= 0.3 is 0 Å². The van der Waals surface area contributed by atoms with Crippen LogP contribution in [-0.4, -0.2) is 55.1 Å². The molecule has 3 rings (SSSR count).